The molecule has 0 bridgehead atoms. The minimum Gasteiger partial charge on any atom is -0.452 e. The van der Waals surface area contributed by atoms with Gasteiger partial charge in [-0.05, 0) is 46.3 Å². The molecule has 0 saturated carbocycles. The van der Waals surface area contributed by atoms with Crippen LogP contribution < -0.4 is 4.74 Å². The van der Waals surface area contributed by atoms with Crippen molar-refractivity contribution in [2.45, 2.75) is 0 Å². The first-order chi connectivity index (χ1) is 12.9. The van der Waals surface area contributed by atoms with Crippen LogP contribution >= 0.6 is 50.5 Å². The molecule has 0 atom stereocenters. The molecule has 3 aromatic rings. The Bertz CT molecular complexity index is 995. The highest BCUT2D eigenvalue weighted by atomic mass is 79.9. The zero-order chi connectivity index (χ0) is 19.4. The second kappa shape index (κ2) is 8.79. The molecule has 0 spiro atoms. The molecule has 0 saturated heterocycles. The second-order valence-corrected chi connectivity index (χ2v) is 8.26. The average Bonchev–Trinajstić information content (AvgIpc) is 3.10. The number of aromatic nitrogens is 2. The lowest BCUT2D eigenvalue weighted by atomic mass is 10.3. The Morgan fingerprint density at radius 3 is 2.56 bits per heavy atom. The predicted octanol–water partition coefficient (Wildman–Crippen LogP) is 5.44. The molecule has 0 radical (unpaired) electrons. The Balaban J connectivity index is 1.60. The van der Waals surface area contributed by atoms with Gasteiger partial charge in [0.05, 0.1) is 13.7 Å². The summed E-state index contributed by atoms with van der Waals surface area (Å²) in [5.74, 6) is -0.641. The van der Waals surface area contributed by atoms with Crippen LogP contribution in [0.5, 0.6) is 11.6 Å². The summed E-state index contributed by atoms with van der Waals surface area (Å²) in [6.45, 7) is -0.385. The summed E-state index contributed by atoms with van der Waals surface area (Å²) in [4.78, 5) is 24.4. The van der Waals surface area contributed by atoms with E-state index in [-0.39, 0.29) is 29.0 Å². The Morgan fingerprint density at radius 1 is 1.07 bits per heavy atom. The fourth-order valence-corrected chi connectivity index (χ4v) is 3.54. The van der Waals surface area contributed by atoms with Crippen molar-refractivity contribution >= 4 is 62.2 Å². The van der Waals surface area contributed by atoms with Gasteiger partial charge in [-0.2, -0.15) is 0 Å². The summed E-state index contributed by atoms with van der Waals surface area (Å²) in [5, 5.41) is 8.11. The van der Waals surface area contributed by atoms with Crippen LogP contribution in [0.4, 0.5) is 0 Å². The van der Waals surface area contributed by atoms with E-state index >= 15 is 0 Å². The molecule has 0 aliphatic carbocycles. The predicted molar refractivity (Wildman–Crippen MR) is 105 cm³/mol. The molecule has 0 aliphatic rings. The molecule has 27 heavy (non-hydrogen) atoms. The molecule has 0 N–H and O–H groups in total. The topological polar surface area (TPSA) is 78.4 Å². The third kappa shape index (κ3) is 5.04. The van der Waals surface area contributed by atoms with Crippen LogP contribution in [0.3, 0.4) is 0 Å². The number of hydrogen-bond donors (Lipinski definition) is 0. The Hall–Kier alpha value is -2.00. The molecule has 1 aromatic carbocycles. The first-order valence-corrected chi connectivity index (χ1v) is 9.72. The van der Waals surface area contributed by atoms with E-state index in [4.69, 9.17) is 32.7 Å². The molecule has 0 aliphatic heterocycles. The van der Waals surface area contributed by atoms with Gasteiger partial charge < -0.3 is 9.47 Å². The lowest BCUT2D eigenvalue weighted by molar-refractivity contribution is 0.0468. The molecule has 2 aromatic heterocycles. The number of esters is 1. The number of ketones is 1. The first kappa shape index (κ1) is 19.8. The third-order valence-electron chi connectivity index (χ3n) is 3.16. The number of halogens is 3. The smallest absolute Gasteiger partial charge is 0.359 e. The van der Waals surface area contributed by atoms with E-state index in [2.05, 4.69) is 26.1 Å². The number of hydrogen-bond acceptors (Lipinski definition) is 7. The fraction of sp³-hybridized carbons (Fsp3) is 0.0588. The number of carbonyl (C=O) groups is 2. The Morgan fingerprint density at radius 2 is 1.89 bits per heavy atom. The van der Waals surface area contributed by atoms with Gasteiger partial charge in [0.25, 0.3) is 0 Å². The summed E-state index contributed by atoms with van der Waals surface area (Å²) in [5.41, 5.74) is -0.0558. The van der Waals surface area contributed by atoms with Crippen molar-refractivity contribution < 1.29 is 19.1 Å². The maximum atomic E-state index is 12.0. The van der Waals surface area contributed by atoms with Crippen molar-refractivity contribution in [3.8, 4) is 11.6 Å². The molecule has 138 valence electrons. The average molecular weight is 488 g/mol. The van der Waals surface area contributed by atoms with Gasteiger partial charge in [-0.3, -0.25) is 4.79 Å². The van der Waals surface area contributed by atoms with Crippen molar-refractivity contribution in [2.75, 3.05) is 6.61 Å². The SMILES string of the molecule is O=C(OCC(=O)c1ccc(Br)s1)c1ccc(Oc2cccc(Cl)c2Cl)nn1. The zero-order valence-corrected chi connectivity index (χ0v) is 17.2. The summed E-state index contributed by atoms with van der Waals surface area (Å²) in [6.07, 6.45) is 0. The Labute approximate surface area is 176 Å². The van der Waals surface area contributed by atoms with Crippen LogP contribution in [0.2, 0.25) is 10.0 Å². The van der Waals surface area contributed by atoms with Crippen LogP contribution in [0.25, 0.3) is 0 Å². The van der Waals surface area contributed by atoms with Gasteiger partial charge in [0, 0.05) is 6.07 Å². The molecule has 0 unspecified atom stereocenters. The molecular weight excluding hydrogens is 479 g/mol. The van der Waals surface area contributed by atoms with E-state index in [1.165, 1.54) is 23.5 Å². The minimum atomic E-state index is -0.765. The number of ether oxygens (including phenoxy) is 2. The highest BCUT2D eigenvalue weighted by molar-refractivity contribution is 9.11. The second-order valence-electron chi connectivity index (χ2n) is 5.01. The van der Waals surface area contributed by atoms with E-state index in [0.717, 1.165) is 3.79 Å². The lowest BCUT2D eigenvalue weighted by Crippen LogP contribution is -2.14. The molecule has 0 fully saturated rings. The summed E-state index contributed by atoms with van der Waals surface area (Å²) < 4.78 is 11.3. The summed E-state index contributed by atoms with van der Waals surface area (Å²) >= 11 is 16.5. The number of carbonyl (C=O) groups excluding carboxylic acids is 2. The number of Topliss-reactive ketones (excluding diaryl/α,β-unsaturated/α-hetero) is 1. The Kier molecular flexibility index (Phi) is 6.43. The van der Waals surface area contributed by atoms with E-state index < -0.39 is 5.97 Å². The van der Waals surface area contributed by atoms with E-state index in [1.807, 2.05) is 0 Å². The maximum Gasteiger partial charge on any atom is 0.359 e. The van der Waals surface area contributed by atoms with Crippen LogP contribution in [0, 0.1) is 0 Å². The van der Waals surface area contributed by atoms with Crippen LogP contribution in [0.15, 0.2) is 46.3 Å². The zero-order valence-electron chi connectivity index (χ0n) is 13.3. The number of nitrogens with zero attached hydrogens (tertiary/aromatic N) is 2. The van der Waals surface area contributed by atoms with Crippen LogP contribution in [-0.4, -0.2) is 28.6 Å². The van der Waals surface area contributed by atoms with Gasteiger partial charge in [-0.15, -0.1) is 21.5 Å². The molecule has 10 heteroatoms. The first-order valence-electron chi connectivity index (χ1n) is 7.35. The van der Waals surface area contributed by atoms with Gasteiger partial charge >= 0.3 is 5.97 Å². The van der Waals surface area contributed by atoms with Crippen molar-refractivity contribution in [1.29, 1.82) is 0 Å². The van der Waals surface area contributed by atoms with Crippen LogP contribution in [0.1, 0.15) is 20.2 Å². The monoisotopic (exact) mass is 486 g/mol. The molecular formula is C17H9BrCl2N2O4S. The van der Waals surface area contributed by atoms with Crippen molar-refractivity contribution in [3.05, 3.63) is 66.9 Å². The molecule has 3 rings (SSSR count). The van der Waals surface area contributed by atoms with E-state index in [9.17, 15) is 9.59 Å². The minimum absolute atomic E-state index is 0.0558. The fourth-order valence-electron chi connectivity index (χ4n) is 1.90. The summed E-state index contributed by atoms with van der Waals surface area (Å²) in [6, 6.07) is 11.1. The molecule has 0 amide bonds. The van der Waals surface area contributed by atoms with E-state index in [1.54, 1.807) is 30.3 Å². The molecule has 2 heterocycles. The van der Waals surface area contributed by atoms with Crippen molar-refractivity contribution in [3.63, 3.8) is 0 Å². The van der Waals surface area contributed by atoms with Gasteiger partial charge in [0.2, 0.25) is 11.7 Å². The quantitative estimate of drug-likeness (QED) is 0.340. The standard InChI is InChI=1S/C17H9BrCl2N2O4S/c18-14-6-5-13(27-14)11(23)8-25-17(24)10-4-7-15(22-21-10)26-12-3-1-2-9(19)16(12)20/h1-7H,8H2. The van der Waals surface area contributed by atoms with Gasteiger partial charge in [-0.1, -0.05) is 29.3 Å². The largest absolute Gasteiger partial charge is 0.452 e. The highest BCUT2D eigenvalue weighted by Gasteiger charge is 2.15. The lowest BCUT2D eigenvalue weighted by Gasteiger charge is -2.07. The van der Waals surface area contributed by atoms with Crippen molar-refractivity contribution in [2.24, 2.45) is 0 Å². The van der Waals surface area contributed by atoms with E-state index in [0.29, 0.717) is 15.6 Å². The van der Waals surface area contributed by atoms with Gasteiger partial charge in [0.1, 0.15) is 10.8 Å². The van der Waals surface area contributed by atoms with Gasteiger partial charge in [0.15, 0.2) is 12.3 Å². The normalized spacial score (nSPS) is 10.5. The number of benzene rings is 1. The van der Waals surface area contributed by atoms with Crippen LogP contribution in [-0.2, 0) is 4.74 Å². The van der Waals surface area contributed by atoms with Gasteiger partial charge in [-0.25, -0.2) is 4.79 Å². The highest BCUT2D eigenvalue weighted by Crippen LogP contribution is 2.33. The summed E-state index contributed by atoms with van der Waals surface area (Å²) in [7, 11) is 0. The number of rotatable bonds is 6. The number of thiophene rings is 1. The van der Waals surface area contributed by atoms with Crippen molar-refractivity contribution in [1.82, 2.24) is 10.2 Å². The maximum absolute atomic E-state index is 12.0. The third-order valence-corrected chi connectivity index (χ3v) is 5.63. The molecule has 6 nitrogen and oxygen atoms in total.